The molecule has 0 saturated carbocycles. The first-order chi connectivity index (χ1) is 23.8. The number of fused-ring (bicyclic) bond motifs is 8. The summed E-state index contributed by atoms with van der Waals surface area (Å²) < 4.78 is 12.9. The van der Waals surface area contributed by atoms with Crippen LogP contribution < -0.4 is 0 Å². The Kier molecular flexibility index (Phi) is 5.81. The number of aromatic nitrogens is 3. The van der Waals surface area contributed by atoms with Gasteiger partial charge in [-0.1, -0.05) is 115 Å². The van der Waals surface area contributed by atoms with E-state index in [1.165, 1.54) is 5.56 Å². The van der Waals surface area contributed by atoms with Gasteiger partial charge >= 0.3 is 0 Å². The normalized spacial score (nSPS) is 11.8. The van der Waals surface area contributed by atoms with Crippen molar-refractivity contribution >= 4 is 54.6 Å². The van der Waals surface area contributed by atoms with Crippen molar-refractivity contribution in [1.82, 2.24) is 15.0 Å². The highest BCUT2D eigenvalue weighted by Crippen LogP contribution is 2.41. The summed E-state index contributed by atoms with van der Waals surface area (Å²) in [6, 6.07) is 51.6. The van der Waals surface area contributed by atoms with Gasteiger partial charge in [0, 0.05) is 38.1 Å². The smallest absolute Gasteiger partial charge is 0.167 e. The lowest BCUT2D eigenvalue weighted by molar-refractivity contribution is 0.669. The maximum atomic E-state index is 6.54. The fourth-order valence-corrected chi connectivity index (χ4v) is 6.86. The standard InChI is InChI=1S/C43H25N3O2/c1-3-12-26(13-4-1)34-25-36-35-24-28(22-23-38(35)48-40(36)31-18-8-7-16-29(31)34)42-44-41(27-14-5-2-6-15-27)45-43(46-42)33-20-11-19-32-30-17-9-10-21-37(30)47-39(32)33/h1-25H. The van der Waals surface area contributed by atoms with Crippen molar-refractivity contribution < 1.29 is 8.83 Å². The van der Waals surface area contributed by atoms with Gasteiger partial charge in [-0.05, 0) is 52.9 Å². The van der Waals surface area contributed by atoms with E-state index >= 15 is 0 Å². The molecular formula is C43H25N3O2. The minimum Gasteiger partial charge on any atom is -0.455 e. The monoisotopic (exact) mass is 615 g/mol. The maximum absolute atomic E-state index is 6.54. The van der Waals surface area contributed by atoms with E-state index in [2.05, 4.69) is 72.8 Å². The van der Waals surface area contributed by atoms with Crippen LogP contribution in [0.5, 0.6) is 0 Å². The summed E-state index contributed by atoms with van der Waals surface area (Å²) in [6.07, 6.45) is 0. The zero-order valence-electron chi connectivity index (χ0n) is 25.6. The van der Waals surface area contributed by atoms with Gasteiger partial charge in [0.05, 0.1) is 5.56 Å². The highest BCUT2D eigenvalue weighted by atomic mass is 16.3. The van der Waals surface area contributed by atoms with Crippen LogP contribution in [0.4, 0.5) is 0 Å². The second-order valence-corrected chi connectivity index (χ2v) is 12.0. The van der Waals surface area contributed by atoms with E-state index in [4.69, 9.17) is 23.8 Å². The SMILES string of the molecule is c1ccc(-c2nc(-c3ccc4oc5c6ccccc6c(-c6ccccc6)cc5c4c3)nc(-c3cccc4c3oc3ccccc34)n2)cc1. The molecule has 0 saturated heterocycles. The lowest BCUT2D eigenvalue weighted by Gasteiger charge is -2.09. The molecule has 0 unspecified atom stereocenters. The molecule has 3 aromatic heterocycles. The molecule has 0 radical (unpaired) electrons. The molecule has 10 rings (SSSR count). The summed E-state index contributed by atoms with van der Waals surface area (Å²) in [7, 11) is 0. The molecule has 0 aliphatic carbocycles. The lowest BCUT2D eigenvalue weighted by atomic mass is 9.95. The van der Waals surface area contributed by atoms with Crippen molar-refractivity contribution in [2.24, 2.45) is 0 Å². The molecule has 3 heterocycles. The second kappa shape index (κ2) is 10.5. The van der Waals surface area contributed by atoms with E-state index < -0.39 is 0 Å². The molecule has 48 heavy (non-hydrogen) atoms. The fraction of sp³-hybridized carbons (Fsp3) is 0. The third-order valence-electron chi connectivity index (χ3n) is 9.13. The summed E-state index contributed by atoms with van der Waals surface area (Å²) in [5.41, 5.74) is 8.20. The molecule has 0 spiro atoms. The highest BCUT2D eigenvalue weighted by molar-refractivity contribution is 6.19. The van der Waals surface area contributed by atoms with E-state index in [1.54, 1.807) is 0 Å². The third-order valence-corrected chi connectivity index (χ3v) is 9.13. The number of hydrogen-bond donors (Lipinski definition) is 0. The fourth-order valence-electron chi connectivity index (χ4n) is 6.86. The topological polar surface area (TPSA) is 65.0 Å². The first-order valence-electron chi connectivity index (χ1n) is 15.9. The number of rotatable bonds is 4. The maximum Gasteiger partial charge on any atom is 0.167 e. The number of para-hydroxylation sites is 2. The van der Waals surface area contributed by atoms with Gasteiger partial charge in [0.1, 0.15) is 22.3 Å². The van der Waals surface area contributed by atoms with Crippen LogP contribution in [0.1, 0.15) is 0 Å². The van der Waals surface area contributed by atoms with E-state index in [0.29, 0.717) is 17.5 Å². The molecule has 0 fully saturated rings. The average Bonchev–Trinajstić information content (AvgIpc) is 3.73. The van der Waals surface area contributed by atoms with E-state index in [1.807, 2.05) is 78.9 Å². The summed E-state index contributed by atoms with van der Waals surface area (Å²) in [4.78, 5) is 15.1. The van der Waals surface area contributed by atoms with Crippen LogP contribution in [0, 0.1) is 0 Å². The predicted molar refractivity (Wildman–Crippen MR) is 194 cm³/mol. The van der Waals surface area contributed by atoms with Gasteiger partial charge in [-0.25, -0.2) is 15.0 Å². The summed E-state index contributed by atoms with van der Waals surface area (Å²) in [5.74, 6) is 1.73. The third kappa shape index (κ3) is 4.15. The van der Waals surface area contributed by atoms with Crippen LogP contribution in [0.3, 0.4) is 0 Å². The van der Waals surface area contributed by atoms with E-state index in [-0.39, 0.29) is 0 Å². The summed E-state index contributed by atoms with van der Waals surface area (Å²) in [5, 5.41) is 6.39. The van der Waals surface area contributed by atoms with Gasteiger partial charge in [0.15, 0.2) is 17.5 Å². The summed E-state index contributed by atoms with van der Waals surface area (Å²) in [6.45, 7) is 0. The van der Waals surface area contributed by atoms with Gasteiger partial charge in [0.25, 0.3) is 0 Å². The first-order valence-corrected chi connectivity index (χ1v) is 15.9. The Bertz CT molecular complexity index is 2840. The Morgan fingerprint density at radius 2 is 0.896 bits per heavy atom. The molecule has 0 N–H and O–H groups in total. The summed E-state index contributed by atoms with van der Waals surface area (Å²) >= 11 is 0. The van der Waals surface area contributed by atoms with E-state index in [9.17, 15) is 0 Å². The van der Waals surface area contributed by atoms with Crippen LogP contribution in [-0.4, -0.2) is 15.0 Å². The molecule has 5 heteroatoms. The Balaban J connectivity index is 1.21. The van der Waals surface area contributed by atoms with Crippen molar-refractivity contribution in [1.29, 1.82) is 0 Å². The number of furan rings is 2. The van der Waals surface area contributed by atoms with Gasteiger partial charge in [-0.3, -0.25) is 0 Å². The molecule has 224 valence electrons. The van der Waals surface area contributed by atoms with Crippen LogP contribution in [0.2, 0.25) is 0 Å². The largest absolute Gasteiger partial charge is 0.455 e. The average molecular weight is 616 g/mol. The Labute approximate surface area is 274 Å². The molecule has 10 aromatic rings. The molecule has 0 atom stereocenters. The van der Waals surface area contributed by atoms with Crippen molar-refractivity contribution in [3.63, 3.8) is 0 Å². The molecule has 0 bridgehead atoms. The zero-order chi connectivity index (χ0) is 31.6. The van der Waals surface area contributed by atoms with Gasteiger partial charge < -0.3 is 8.83 Å². The van der Waals surface area contributed by atoms with E-state index in [0.717, 1.165) is 76.9 Å². The molecule has 0 aliphatic rings. The minimum absolute atomic E-state index is 0.554. The molecule has 7 aromatic carbocycles. The zero-order valence-corrected chi connectivity index (χ0v) is 25.6. The first kappa shape index (κ1) is 26.6. The van der Waals surface area contributed by atoms with Crippen LogP contribution in [0.25, 0.3) is 99.9 Å². The quantitative estimate of drug-likeness (QED) is 0.197. The number of nitrogens with zero attached hydrogens (tertiary/aromatic N) is 3. The van der Waals surface area contributed by atoms with Gasteiger partial charge in [0.2, 0.25) is 0 Å². The van der Waals surface area contributed by atoms with Crippen molar-refractivity contribution in [3.05, 3.63) is 152 Å². The lowest BCUT2D eigenvalue weighted by Crippen LogP contribution is -2.00. The Morgan fingerprint density at radius 1 is 0.312 bits per heavy atom. The second-order valence-electron chi connectivity index (χ2n) is 12.0. The van der Waals surface area contributed by atoms with Crippen molar-refractivity contribution in [3.8, 4) is 45.3 Å². The number of hydrogen-bond acceptors (Lipinski definition) is 5. The molecule has 0 amide bonds. The van der Waals surface area contributed by atoms with Crippen molar-refractivity contribution in [2.75, 3.05) is 0 Å². The van der Waals surface area contributed by atoms with Gasteiger partial charge in [-0.15, -0.1) is 0 Å². The minimum atomic E-state index is 0.554. The van der Waals surface area contributed by atoms with Gasteiger partial charge in [-0.2, -0.15) is 0 Å². The molecule has 5 nitrogen and oxygen atoms in total. The van der Waals surface area contributed by atoms with Crippen LogP contribution >= 0.6 is 0 Å². The Hall–Kier alpha value is -6.59. The molecule has 0 aliphatic heterocycles. The predicted octanol–water partition coefficient (Wildman–Crippen LogP) is 11.5. The molecular weight excluding hydrogens is 590 g/mol. The van der Waals surface area contributed by atoms with Crippen LogP contribution in [0.15, 0.2) is 160 Å². The Morgan fingerprint density at radius 3 is 1.71 bits per heavy atom. The van der Waals surface area contributed by atoms with Crippen molar-refractivity contribution in [2.45, 2.75) is 0 Å². The van der Waals surface area contributed by atoms with Crippen LogP contribution in [-0.2, 0) is 0 Å². The highest BCUT2D eigenvalue weighted by Gasteiger charge is 2.19. The number of benzene rings is 7.